The Bertz CT molecular complexity index is 744. The molecule has 1 amide bonds. The Morgan fingerprint density at radius 1 is 1.08 bits per heavy atom. The molecule has 2 rings (SSSR count). The first-order valence-electron chi connectivity index (χ1n) is 8.32. The number of carbonyl (C=O) groups excluding carboxylic acids is 1. The highest BCUT2D eigenvalue weighted by molar-refractivity contribution is 7.80. The normalized spacial score (nSPS) is 11.9. The fourth-order valence-electron chi connectivity index (χ4n) is 2.50. The number of anilines is 1. The predicted octanol–water partition coefficient (Wildman–Crippen LogP) is 5.16. The maximum absolute atomic E-state index is 12.4. The van der Waals surface area contributed by atoms with Gasteiger partial charge in [-0.15, -0.1) is 0 Å². The first-order chi connectivity index (χ1) is 11.9. The summed E-state index contributed by atoms with van der Waals surface area (Å²) in [6, 6.07) is 15.4. The molecule has 0 aliphatic rings. The van der Waals surface area contributed by atoms with Gasteiger partial charge in [-0.3, -0.25) is 4.79 Å². The van der Waals surface area contributed by atoms with Crippen molar-refractivity contribution in [2.45, 2.75) is 33.1 Å². The van der Waals surface area contributed by atoms with E-state index in [4.69, 9.17) is 23.8 Å². The van der Waals surface area contributed by atoms with Crippen LogP contribution in [0, 0.1) is 5.92 Å². The second-order valence-corrected chi connectivity index (χ2v) is 7.30. The van der Waals surface area contributed by atoms with E-state index < -0.39 is 0 Å². The molecule has 0 saturated heterocycles. The Labute approximate surface area is 159 Å². The van der Waals surface area contributed by atoms with Crippen LogP contribution in [0.4, 0.5) is 5.69 Å². The van der Waals surface area contributed by atoms with Crippen LogP contribution in [0.25, 0.3) is 0 Å². The van der Waals surface area contributed by atoms with Crippen LogP contribution in [0.2, 0.25) is 5.02 Å². The molecule has 0 aromatic heterocycles. The van der Waals surface area contributed by atoms with E-state index in [1.165, 1.54) is 5.56 Å². The van der Waals surface area contributed by atoms with Crippen molar-refractivity contribution in [3.05, 3.63) is 64.7 Å². The predicted molar refractivity (Wildman–Crippen MR) is 109 cm³/mol. The molecule has 1 unspecified atom stereocenters. The minimum Gasteiger partial charge on any atom is -0.331 e. The van der Waals surface area contributed by atoms with Crippen LogP contribution >= 0.6 is 23.8 Å². The number of hydrogen-bond donors (Lipinski definition) is 2. The fraction of sp³-hybridized carbons (Fsp3) is 0.300. The number of thiocarbonyl (C=S) groups is 1. The largest absolute Gasteiger partial charge is 0.331 e. The average molecular weight is 375 g/mol. The van der Waals surface area contributed by atoms with E-state index in [9.17, 15) is 4.79 Å². The third kappa shape index (κ3) is 5.83. The lowest BCUT2D eigenvalue weighted by Crippen LogP contribution is -2.36. The monoisotopic (exact) mass is 374 g/mol. The summed E-state index contributed by atoms with van der Waals surface area (Å²) in [5.41, 5.74) is 2.91. The van der Waals surface area contributed by atoms with Crippen molar-refractivity contribution in [1.82, 2.24) is 5.32 Å². The van der Waals surface area contributed by atoms with Crippen molar-refractivity contribution in [1.29, 1.82) is 0 Å². The zero-order chi connectivity index (χ0) is 18.4. The molecule has 132 valence electrons. The van der Waals surface area contributed by atoms with Crippen LogP contribution in [0.5, 0.6) is 0 Å². The highest BCUT2D eigenvalue weighted by Gasteiger charge is 2.16. The van der Waals surface area contributed by atoms with Gasteiger partial charge in [0.25, 0.3) is 0 Å². The Balaban J connectivity index is 1.95. The second kappa shape index (κ2) is 8.97. The smallest absolute Gasteiger partial charge is 0.233 e. The van der Waals surface area contributed by atoms with E-state index >= 15 is 0 Å². The van der Waals surface area contributed by atoms with E-state index in [0.717, 1.165) is 12.0 Å². The van der Waals surface area contributed by atoms with E-state index in [1.807, 2.05) is 31.2 Å². The maximum Gasteiger partial charge on any atom is 0.233 e. The zero-order valence-corrected chi connectivity index (χ0v) is 16.2. The Hall–Kier alpha value is -1.91. The van der Waals surface area contributed by atoms with E-state index in [0.29, 0.717) is 16.6 Å². The van der Waals surface area contributed by atoms with Crippen LogP contribution in [0.3, 0.4) is 0 Å². The number of nitrogens with one attached hydrogen (secondary N) is 2. The Morgan fingerprint density at radius 2 is 1.72 bits per heavy atom. The lowest BCUT2D eigenvalue weighted by atomic mass is 9.96. The average Bonchev–Trinajstić information content (AvgIpc) is 2.56. The molecule has 1 atom stereocenters. The van der Waals surface area contributed by atoms with E-state index in [2.05, 4.69) is 36.6 Å². The first-order valence-corrected chi connectivity index (χ1v) is 9.10. The van der Waals surface area contributed by atoms with Crippen molar-refractivity contribution in [2.24, 2.45) is 5.92 Å². The lowest BCUT2D eigenvalue weighted by Gasteiger charge is -2.15. The minimum absolute atomic E-state index is 0.152. The van der Waals surface area contributed by atoms with Crippen LogP contribution in [0.15, 0.2) is 48.5 Å². The number of amides is 1. The van der Waals surface area contributed by atoms with Crippen LogP contribution in [0.1, 0.15) is 37.8 Å². The van der Waals surface area contributed by atoms with Gasteiger partial charge in [0.1, 0.15) is 0 Å². The molecule has 2 aromatic carbocycles. The summed E-state index contributed by atoms with van der Waals surface area (Å²) in [6.07, 6.45) is 1.03. The summed E-state index contributed by atoms with van der Waals surface area (Å²) >= 11 is 11.3. The summed E-state index contributed by atoms with van der Waals surface area (Å²) in [5, 5.41) is 6.46. The Morgan fingerprint density at radius 3 is 2.32 bits per heavy atom. The molecule has 0 aliphatic carbocycles. The van der Waals surface area contributed by atoms with Gasteiger partial charge >= 0.3 is 0 Å². The first kappa shape index (κ1) is 19.4. The van der Waals surface area contributed by atoms with Gasteiger partial charge in [0, 0.05) is 0 Å². The van der Waals surface area contributed by atoms with Crippen LogP contribution in [-0.2, 0) is 11.2 Å². The molecule has 0 heterocycles. The quantitative estimate of drug-likeness (QED) is 0.710. The molecular weight excluding hydrogens is 352 g/mol. The summed E-state index contributed by atoms with van der Waals surface area (Å²) < 4.78 is 0. The molecule has 0 radical (unpaired) electrons. The Kier molecular flexibility index (Phi) is 6.97. The summed E-state index contributed by atoms with van der Waals surface area (Å²) in [4.78, 5) is 12.4. The van der Waals surface area contributed by atoms with Gasteiger partial charge < -0.3 is 10.6 Å². The van der Waals surface area contributed by atoms with Gasteiger partial charge in [-0.25, -0.2) is 0 Å². The van der Waals surface area contributed by atoms with Gasteiger partial charge in [-0.1, -0.05) is 61.8 Å². The SMILES string of the molecule is CC(C)Cc1ccc(C(C)C(=O)NC(=S)Nc2ccccc2Cl)cc1. The fourth-order valence-corrected chi connectivity index (χ4v) is 2.89. The molecular formula is C20H23ClN2OS. The molecule has 0 saturated carbocycles. The van der Waals surface area contributed by atoms with Gasteiger partial charge in [0.2, 0.25) is 5.91 Å². The van der Waals surface area contributed by atoms with Crippen molar-refractivity contribution in [3.8, 4) is 0 Å². The van der Waals surface area contributed by atoms with Crippen molar-refractivity contribution in [3.63, 3.8) is 0 Å². The standard InChI is InChI=1S/C20H23ClN2OS/c1-13(2)12-15-8-10-16(11-9-15)14(3)19(24)23-20(25)22-18-7-5-4-6-17(18)21/h4-11,13-14H,12H2,1-3H3,(H2,22,23,24,25). The number of halogens is 1. The van der Waals surface area contributed by atoms with Gasteiger partial charge in [-0.05, 0) is 54.7 Å². The molecule has 2 N–H and O–H groups in total. The van der Waals surface area contributed by atoms with Gasteiger partial charge in [0.15, 0.2) is 5.11 Å². The summed E-state index contributed by atoms with van der Waals surface area (Å²) in [5.74, 6) is 0.167. The zero-order valence-electron chi connectivity index (χ0n) is 14.7. The summed E-state index contributed by atoms with van der Waals surface area (Å²) in [7, 11) is 0. The molecule has 0 aliphatic heterocycles. The number of para-hydroxylation sites is 1. The topological polar surface area (TPSA) is 41.1 Å². The third-order valence-electron chi connectivity index (χ3n) is 3.88. The number of rotatable bonds is 5. The van der Waals surface area contributed by atoms with Crippen LogP contribution < -0.4 is 10.6 Å². The second-order valence-electron chi connectivity index (χ2n) is 6.48. The lowest BCUT2D eigenvalue weighted by molar-refractivity contribution is -0.120. The van der Waals surface area contributed by atoms with Gasteiger partial charge in [0.05, 0.1) is 16.6 Å². The van der Waals surface area contributed by atoms with E-state index in [1.54, 1.807) is 12.1 Å². The highest BCUT2D eigenvalue weighted by Crippen LogP contribution is 2.21. The molecule has 0 bridgehead atoms. The minimum atomic E-state index is -0.293. The molecule has 0 fully saturated rings. The third-order valence-corrected chi connectivity index (χ3v) is 4.41. The molecule has 0 spiro atoms. The van der Waals surface area contributed by atoms with E-state index in [-0.39, 0.29) is 16.9 Å². The van der Waals surface area contributed by atoms with Crippen molar-refractivity contribution >= 4 is 40.5 Å². The number of carbonyl (C=O) groups is 1. The molecule has 25 heavy (non-hydrogen) atoms. The van der Waals surface area contributed by atoms with Crippen LogP contribution in [-0.4, -0.2) is 11.0 Å². The molecule has 2 aromatic rings. The molecule has 3 nitrogen and oxygen atoms in total. The number of hydrogen-bond acceptors (Lipinski definition) is 2. The highest BCUT2D eigenvalue weighted by atomic mass is 35.5. The molecule has 5 heteroatoms. The van der Waals surface area contributed by atoms with Crippen molar-refractivity contribution < 1.29 is 4.79 Å². The number of benzene rings is 2. The van der Waals surface area contributed by atoms with Crippen molar-refractivity contribution in [2.75, 3.05) is 5.32 Å². The van der Waals surface area contributed by atoms with Gasteiger partial charge in [-0.2, -0.15) is 0 Å². The summed E-state index contributed by atoms with van der Waals surface area (Å²) in [6.45, 7) is 6.25. The maximum atomic E-state index is 12.4.